The average Bonchev–Trinajstić information content (AvgIpc) is 3.04. The van der Waals surface area contributed by atoms with E-state index in [0.29, 0.717) is 17.0 Å². The van der Waals surface area contributed by atoms with Crippen LogP contribution in [0.1, 0.15) is 32.3 Å². The summed E-state index contributed by atoms with van der Waals surface area (Å²) in [6, 6.07) is 1.84. The summed E-state index contributed by atoms with van der Waals surface area (Å²) in [5.41, 5.74) is 1.62. The van der Waals surface area contributed by atoms with E-state index in [-0.39, 0.29) is 11.3 Å². The van der Waals surface area contributed by atoms with Crippen LogP contribution in [-0.4, -0.2) is 22.0 Å². The van der Waals surface area contributed by atoms with Crippen LogP contribution in [0.3, 0.4) is 0 Å². The van der Waals surface area contributed by atoms with Gasteiger partial charge < -0.3 is 10.1 Å². The van der Waals surface area contributed by atoms with E-state index >= 15 is 0 Å². The highest BCUT2D eigenvalue weighted by Gasteiger charge is 2.42. The lowest BCUT2D eigenvalue weighted by molar-refractivity contribution is -0.431. The number of dihydropyridines is 1. The third-order valence-electron chi connectivity index (χ3n) is 4.38. The van der Waals surface area contributed by atoms with Gasteiger partial charge in [-0.1, -0.05) is 5.92 Å². The van der Waals surface area contributed by atoms with Crippen molar-refractivity contribution in [3.05, 3.63) is 62.2 Å². The van der Waals surface area contributed by atoms with Crippen LogP contribution in [0.4, 0.5) is 0 Å². The van der Waals surface area contributed by atoms with Gasteiger partial charge in [-0.05, 0) is 37.8 Å². The zero-order valence-corrected chi connectivity index (χ0v) is 15.8. The van der Waals surface area contributed by atoms with Crippen LogP contribution >= 0.6 is 11.3 Å². The molecule has 0 amide bonds. The van der Waals surface area contributed by atoms with Crippen LogP contribution in [0.25, 0.3) is 10.1 Å². The van der Waals surface area contributed by atoms with Crippen LogP contribution in [0.5, 0.6) is 0 Å². The Morgan fingerprint density at radius 2 is 2.22 bits per heavy atom. The normalized spacial score (nSPS) is 18.1. The average molecular weight is 383 g/mol. The third kappa shape index (κ3) is 3.29. The predicted molar refractivity (Wildman–Crippen MR) is 102 cm³/mol. The molecule has 138 valence electrons. The Morgan fingerprint density at radius 1 is 1.48 bits per heavy atom. The summed E-state index contributed by atoms with van der Waals surface area (Å²) >= 11 is 1.44. The molecule has 0 aliphatic carbocycles. The minimum atomic E-state index is -0.878. The fraction of sp³-hybridized carbons (Fsp3) is 0.263. The van der Waals surface area contributed by atoms with Gasteiger partial charge in [-0.2, -0.15) is 0 Å². The van der Waals surface area contributed by atoms with Gasteiger partial charge in [-0.25, -0.2) is 4.79 Å². The summed E-state index contributed by atoms with van der Waals surface area (Å²) in [6.45, 7) is 4.88. The van der Waals surface area contributed by atoms with Crippen molar-refractivity contribution < 1.29 is 14.5 Å². The molecule has 1 aliphatic rings. The summed E-state index contributed by atoms with van der Waals surface area (Å²) in [5, 5.41) is 17.4. The summed E-state index contributed by atoms with van der Waals surface area (Å²) < 4.78 is 6.21. The van der Waals surface area contributed by atoms with Gasteiger partial charge in [0.25, 0.3) is 5.70 Å². The number of fused-ring (bicyclic) bond motifs is 1. The van der Waals surface area contributed by atoms with Gasteiger partial charge in [0.05, 0.1) is 16.2 Å². The second-order valence-electron chi connectivity index (χ2n) is 6.14. The van der Waals surface area contributed by atoms with Gasteiger partial charge in [0, 0.05) is 28.2 Å². The quantitative estimate of drug-likeness (QED) is 0.377. The van der Waals surface area contributed by atoms with Crippen LogP contribution < -0.4 is 5.32 Å². The Bertz CT molecular complexity index is 1040. The number of carbonyl (C=O) groups excluding carboxylic acids is 1. The molecule has 27 heavy (non-hydrogen) atoms. The second-order valence-corrected chi connectivity index (χ2v) is 7.05. The second kappa shape index (κ2) is 7.21. The van der Waals surface area contributed by atoms with Gasteiger partial charge in [0.1, 0.15) is 5.92 Å². The topological polar surface area (TPSA) is 94.4 Å². The summed E-state index contributed by atoms with van der Waals surface area (Å²) in [7, 11) is 0. The van der Waals surface area contributed by atoms with Crippen LogP contribution in [0.2, 0.25) is 0 Å². The highest BCUT2D eigenvalue weighted by Crippen LogP contribution is 2.43. The number of hydrogen-bond donors (Lipinski definition) is 1. The molecule has 8 heteroatoms. The maximum absolute atomic E-state index is 12.8. The Kier molecular flexibility index (Phi) is 4.97. The first-order chi connectivity index (χ1) is 12.8. The van der Waals surface area contributed by atoms with Gasteiger partial charge in [0.15, 0.2) is 6.10 Å². The van der Waals surface area contributed by atoms with E-state index in [0.717, 1.165) is 10.1 Å². The fourth-order valence-corrected chi connectivity index (χ4v) is 4.13. The smallest absolute Gasteiger partial charge is 0.338 e. The fourth-order valence-electron chi connectivity index (χ4n) is 3.17. The largest absolute Gasteiger partial charge is 0.446 e. The number of hydrogen-bond acceptors (Lipinski definition) is 7. The van der Waals surface area contributed by atoms with E-state index < -0.39 is 22.9 Å². The molecule has 0 fully saturated rings. The monoisotopic (exact) mass is 383 g/mol. The molecule has 0 saturated heterocycles. The molecule has 0 bridgehead atoms. The lowest BCUT2D eigenvalue weighted by atomic mass is 9.84. The molecule has 0 spiro atoms. The number of nitrogens with zero attached hydrogens (tertiary/aromatic N) is 2. The zero-order valence-electron chi connectivity index (χ0n) is 15.0. The maximum atomic E-state index is 12.8. The standard InChI is InChI=1S/C19H17N3O4S/c1-5-10(2)26-19(23)16-11(3)21-12(4)18(22(24)25)17(16)14-9-27-15-6-7-20-8-13(14)15/h1,6-10,17,21H,2-4H3. The Labute approximate surface area is 159 Å². The number of rotatable bonds is 4. The number of terminal acetylenes is 1. The highest BCUT2D eigenvalue weighted by atomic mass is 32.1. The van der Waals surface area contributed by atoms with Crippen LogP contribution in [0.15, 0.2) is 46.5 Å². The number of esters is 1. The molecule has 1 N–H and O–H groups in total. The maximum Gasteiger partial charge on any atom is 0.338 e. The van der Waals surface area contributed by atoms with Crippen molar-refractivity contribution in [2.45, 2.75) is 32.8 Å². The van der Waals surface area contributed by atoms with Crippen molar-refractivity contribution in [2.75, 3.05) is 0 Å². The molecular formula is C19H17N3O4S. The van der Waals surface area contributed by atoms with E-state index in [4.69, 9.17) is 11.2 Å². The van der Waals surface area contributed by atoms with Crippen molar-refractivity contribution >= 4 is 27.4 Å². The Balaban J connectivity index is 2.21. The van der Waals surface area contributed by atoms with Crippen molar-refractivity contribution in [3.8, 4) is 12.3 Å². The number of aromatic nitrogens is 1. The van der Waals surface area contributed by atoms with Crippen molar-refractivity contribution in [1.29, 1.82) is 0 Å². The number of carbonyl (C=O) groups is 1. The van der Waals surface area contributed by atoms with Crippen LogP contribution in [-0.2, 0) is 9.53 Å². The minimum Gasteiger partial charge on any atom is -0.446 e. The van der Waals surface area contributed by atoms with E-state index in [1.807, 2.05) is 11.4 Å². The summed E-state index contributed by atoms with van der Waals surface area (Å²) in [5.74, 6) is 0.778. The molecule has 1 aliphatic heterocycles. The molecule has 0 aromatic carbocycles. The van der Waals surface area contributed by atoms with Crippen molar-refractivity contribution in [1.82, 2.24) is 10.3 Å². The first kappa shape index (κ1) is 18.6. The molecule has 2 unspecified atom stereocenters. The molecular weight excluding hydrogens is 366 g/mol. The molecule has 0 saturated carbocycles. The molecule has 2 aromatic heterocycles. The van der Waals surface area contributed by atoms with Crippen LogP contribution in [0, 0.1) is 22.5 Å². The number of nitrogens with one attached hydrogen (secondary N) is 1. The van der Waals surface area contributed by atoms with Gasteiger partial charge in [-0.3, -0.25) is 15.1 Å². The molecule has 3 heterocycles. The Morgan fingerprint density at radius 3 is 2.89 bits per heavy atom. The minimum absolute atomic E-state index is 0.0931. The van der Waals surface area contributed by atoms with E-state index in [9.17, 15) is 14.9 Å². The summed E-state index contributed by atoms with van der Waals surface area (Å²) in [4.78, 5) is 28.3. The number of ether oxygens (including phenoxy) is 1. The van der Waals surface area contributed by atoms with Crippen molar-refractivity contribution in [2.24, 2.45) is 0 Å². The SMILES string of the molecule is C#CC(C)OC(=O)C1=C(C)NC(C)=C([N+](=O)[O-])C1c1csc2ccncc12. The zero-order chi connectivity index (χ0) is 19.7. The van der Waals surface area contributed by atoms with Gasteiger partial charge in [-0.15, -0.1) is 17.8 Å². The first-order valence-electron chi connectivity index (χ1n) is 8.16. The molecule has 2 atom stereocenters. The number of pyridine rings is 1. The molecule has 7 nitrogen and oxygen atoms in total. The number of thiophene rings is 1. The van der Waals surface area contributed by atoms with Gasteiger partial charge >= 0.3 is 5.97 Å². The molecule has 3 rings (SSSR count). The number of nitro groups is 1. The molecule has 0 radical (unpaired) electrons. The predicted octanol–water partition coefficient (Wildman–Crippen LogP) is 3.33. The molecule has 2 aromatic rings. The first-order valence-corrected chi connectivity index (χ1v) is 9.04. The lowest BCUT2D eigenvalue weighted by Crippen LogP contribution is -2.32. The third-order valence-corrected chi connectivity index (χ3v) is 5.36. The van der Waals surface area contributed by atoms with Gasteiger partial charge in [0.2, 0.25) is 0 Å². The van der Waals surface area contributed by atoms with Crippen molar-refractivity contribution in [3.63, 3.8) is 0 Å². The lowest BCUT2D eigenvalue weighted by Gasteiger charge is -2.26. The van der Waals surface area contributed by atoms with E-state index in [1.165, 1.54) is 11.3 Å². The van der Waals surface area contributed by atoms with E-state index in [1.54, 1.807) is 33.2 Å². The van der Waals surface area contributed by atoms with E-state index in [2.05, 4.69) is 16.2 Å². The highest BCUT2D eigenvalue weighted by molar-refractivity contribution is 7.17. The Hall–Kier alpha value is -3.18. The summed E-state index contributed by atoms with van der Waals surface area (Å²) in [6.07, 6.45) is 7.87. The number of allylic oxidation sites excluding steroid dienone is 3.